The Hall–Kier alpha value is -0.890. The van der Waals surface area contributed by atoms with E-state index in [1.54, 1.807) is 6.07 Å². The van der Waals surface area contributed by atoms with Crippen molar-refractivity contribution < 1.29 is 4.39 Å². The summed E-state index contributed by atoms with van der Waals surface area (Å²) in [7, 11) is 0. The maximum Gasteiger partial charge on any atom is 0.123 e. The lowest BCUT2D eigenvalue weighted by Gasteiger charge is -2.05. The SMILES string of the molecule is CC.CCc1ccc2cc(F)ccc2c1Br. The zero-order chi connectivity index (χ0) is 12.1. The van der Waals surface area contributed by atoms with Crippen LogP contribution >= 0.6 is 15.9 Å². The third-order valence-corrected chi connectivity index (χ3v) is 3.31. The Morgan fingerprint density at radius 3 is 2.44 bits per heavy atom. The number of fused-ring (bicyclic) bond motifs is 1. The number of hydrogen-bond donors (Lipinski definition) is 0. The smallest absolute Gasteiger partial charge is 0.123 e. The van der Waals surface area contributed by atoms with E-state index in [9.17, 15) is 4.39 Å². The molecule has 0 aliphatic heterocycles. The highest BCUT2D eigenvalue weighted by Crippen LogP contribution is 2.28. The van der Waals surface area contributed by atoms with Gasteiger partial charge in [0.2, 0.25) is 0 Å². The highest BCUT2D eigenvalue weighted by Gasteiger charge is 2.03. The maximum atomic E-state index is 12.9. The topological polar surface area (TPSA) is 0 Å². The third-order valence-electron chi connectivity index (χ3n) is 2.38. The molecule has 0 aromatic heterocycles. The number of hydrogen-bond acceptors (Lipinski definition) is 0. The molecule has 0 N–H and O–H groups in total. The third kappa shape index (κ3) is 2.62. The second kappa shape index (κ2) is 6.00. The molecule has 2 aromatic carbocycles. The van der Waals surface area contributed by atoms with Gasteiger partial charge >= 0.3 is 0 Å². The normalized spacial score (nSPS) is 9.81. The van der Waals surface area contributed by atoms with Crippen LogP contribution in [-0.2, 0) is 6.42 Å². The number of rotatable bonds is 1. The second-order valence-electron chi connectivity index (χ2n) is 3.26. The molecule has 16 heavy (non-hydrogen) atoms. The first kappa shape index (κ1) is 13.2. The van der Waals surface area contributed by atoms with Crippen molar-refractivity contribution in [3.63, 3.8) is 0 Å². The van der Waals surface area contributed by atoms with Crippen LogP contribution in [-0.4, -0.2) is 0 Å². The van der Waals surface area contributed by atoms with E-state index in [0.717, 1.165) is 21.7 Å². The van der Waals surface area contributed by atoms with Crippen LogP contribution in [0.15, 0.2) is 34.8 Å². The van der Waals surface area contributed by atoms with Crippen LogP contribution in [0.25, 0.3) is 10.8 Å². The van der Waals surface area contributed by atoms with Gasteiger partial charge in [-0.3, -0.25) is 0 Å². The van der Waals surface area contributed by atoms with Crippen LogP contribution < -0.4 is 0 Å². The van der Waals surface area contributed by atoms with Gasteiger partial charge in [0.05, 0.1) is 0 Å². The zero-order valence-corrected chi connectivity index (χ0v) is 11.4. The van der Waals surface area contributed by atoms with Crippen LogP contribution in [0.4, 0.5) is 4.39 Å². The summed E-state index contributed by atoms with van der Waals surface area (Å²) in [5.41, 5.74) is 1.25. The van der Waals surface area contributed by atoms with Gasteiger partial charge in [-0.05, 0) is 50.8 Å². The largest absolute Gasteiger partial charge is 0.207 e. The summed E-state index contributed by atoms with van der Waals surface area (Å²) in [5, 5.41) is 2.01. The van der Waals surface area contributed by atoms with E-state index in [2.05, 4.69) is 22.9 Å². The van der Waals surface area contributed by atoms with Crippen molar-refractivity contribution in [1.29, 1.82) is 0 Å². The van der Waals surface area contributed by atoms with E-state index in [1.165, 1.54) is 11.6 Å². The quantitative estimate of drug-likeness (QED) is 0.663. The molecule has 0 unspecified atom stereocenters. The van der Waals surface area contributed by atoms with Gasteiger partial charge in [0.1, 0.15) is 5.82 Å². The first-order valence-corrected chi connectivity index (χ1v) is 6.38. The van der Waals surface area contributed by atoms with Crippen molar-refractivity contribution in [3.8, 4) is 0 Å². The molecule has 0 aliphatic carbocycles. The molecule has 0 saturated carbocycles. The lowest BCUT2D eigenvalue weighted by molar-refractivity contribution is 0.629. The predicted molar refractivity (Wildman–Crippen MR) is 72.3 cm³/mol. The van der Waals surface area contributed by atoms with Gasteiger partial charge in [-0.1, -0.05) is 39.0 Å². The Bertz CT molecular complexity index is 477. The first-order valence-electron chi connectivity index (χ1n) is 5.59. The summed E-state index contributed by atoms with van der Waals surface area (Å²) in [5.74, 6) is -0.186. The summed E-state index contributed by atoms with van der Waals surface area (Å²) in [6, 6.07) is 8.86. The number of aryl methyl sites for hydroxylation is 1. The fraction of sp³-hybridized carbons (Fsp3) is 0.286. The first-order chi connectivity index (χ1) is 7.72. The molecule has 0 heterocycles. The van der Waals surface area contributed by atoms with Crippen molar-refractivity contribution in [2.75, 3.05) is 0 Å². The van der Waals surface area contributed by atoms with Crippen LogP contribution in [0.3, 0.4) is 0 Å². The minimum Gasteiger partial charge on any atom is -0.207 e. The number of halogens is 2. The van der Waals surface area contributed by atoms with Crippen LogP contribution in [0, 0.1) is 5.82 Å². The molecule has 0 aliphatic rings. The Morgan fingerprint density at radius 1 is 1.12 bits per heavy atom. The molecule has 0 spiro atoms. The maximum absolute atomic E-state index is 12.9. The van der Waals surface area contributed by atoms with Gasteiger partial charge in [0.25, 0.3) is 0 Å². The molecule has 0 saturated heterocycles. The van der Waals surface area contributed by atoms with E-state index in [0.29, 0.717) is 0 Å². The summed E-state index contributed by atoms with van der Waals surface area (Å²) < 4.78 is 14.0. The van der Waals surface area contributed by atoms with E-state index < -0.39 is 0 Å². The Morgan fingerprint density at radius 2 is 1.81 bits per heavy atom. The molecule has 0 atom stereocenters. The lowest BCUT2D eigenvalue weighted by atomic mass is 10.1. The molecule has 0 radical (unpaired) electrons. The van der Waals surface area contributed by atoms with E-state index in [4.69, 9.17) is 0 Å². The molecule has 2 aromatic rings. The Balaban J connectivity index is 0.000000606. The summed E-state index contributed by atoms with van der Waals surface area (Å²) in [4.78, 5) is 0. The van der Waals surface area contributed by atoms with E-state index in [-0.39, 0.29) is 5.82 Å². The lowest BCUT2D eigenvalue weighted by Crippen LogP contribution is -1.85. The van der Waals surface area contributed by atoms with Crippen molar-refractivity contribution in [2.24, 2.45) is 0 Å². The highest BCUT2D eigenvalue weighted by molar-refractivity contribution is 9.10. The minimum atomic E-state index is -0.186. The van der Waals surface area contributed by atoms with Crippen LogP contribution in [0.5, 0.6) is 0 Å². The van der Waals surface area contributed by atoms with E-state index in [1.807, 2.05) is 32.0 Å². The predicted octanol–water partition coefficient (Wildman–Crippen LogP) is 5.33. The van der Waals surface area contributed by atoms with E-state index >= 15 is 0 Å². The van der Waals surface area contributed by atoms with Crippen LogP contribution in [0.2, 0.25) is 0 Å². The minimum absolute atomic E-state index is 0.186. The van der Waals surface area contributed by atoms with Crippen LogP contribution in [0.1, 0.15) is 26.3 Å². The fourth-order valence-electron chi connectivity index (χ4n) is 1.58. The summed E-state index contributed by atoms with van der Waals surface area (Å²) >= 11 is 3.54. The molecule has 0 amide bonds. The monoisotopic (exact) mass is 282 g/mol. The van der Waals surface area contributed by atoms with Gasteiger partial charge in [-0.25, -0.2) is 4.39 Å². The van der Waals surface area contributed by atoms with Crippen molar-refractivity contribution >= 4 is 26.7 Å². The van der Waals surface area contributed by atoms with Gasteiger partial charge in [0, 0.05) is 4.47 Å². The molecular formula is C14H16BrF. The number of benzene rings is 2. The summed E-state index contributed by atoms with van der Waals surface area (Å²) in [6.07, 6.45) is 0.980. The average Bonchev–Trinajstić information content (AvgIpc) is 2.32. The molecule has 0 nitrogen and oxygen atoms in total. The average molecular weight is 283 g/mol. The summed E-state index contributed by atoms with van der Waals surface area (Å²) in [6.45, 7) is 6.11. The fourth-order valence-corrected chi connectivity index (χ4v) is 2.35. The standard InChI is InChI=1S/C12H10BrF.C2H6/c1-2-8-3-4-9-7-10(14)5-6-11(9)12(8)13;1-2/h3-7H,2H2,1H3;1-2H3. The van der Waals surface area contributed by atoms with Gasteiger partial charge in [-0.2, -0.15) is 0 Å². The van der Waals surface area contributed by atoms with Gasteiger partial charge in [-0.15, -0.1) is 0 Å². The zero-order valence-electron chi connectivity index (χ0n) is 9.85. The van der Waals surface area contributed by atoms with Crippen molar-refractivity contribution in [3.05, 3.63) is 46.2 Å². The van der Waals surface area contributed by atoms with Gasteiger partial charge in [0.15, 0.2) is 0 Å². The Labute approximate surface area is 105 Å². The molecule has 0 fully saturated rings. The highest BCUT2D eigenvalue weighted by atomic mass is 79.9. The second-order valence-corrected chi connectivity index (χ2v) is 4.05. The molecule has 2 heteroatoms. The van der Waals surface area contributed by atoms with Gasteiger partial charge < -0.3 is 0 Å². The Kier molecular flexibility index (Phi) is 4.94. The molecule has 86 valence electrons. The molecule has 0 bridgehead atoms. The van der Waals surface area contributed by atoms with Crippen molar-refractivity contribution in [1.82, 2.24) is 0 Å². The van der Waals surface area contributed by atoms with Crippen molar-refractivity contribution in [2.45, 2.75) is 27.2 Å². The molecule has 2 rings (SSSR count). The molecular weight excluding hydrogens is 267 g/mol.